The number of β-amino-alcohol motifs (C(OH)–C–C–N with tert-alkyl or cyclic N) is 2. The van der Waals surface area contributed by atoms with Crippen LogP contribution in [0.5, 0.6) is 23.3 Å². The van der Waals surface area contributed by atoms with E-state index in [1.54, 1.807) is 0 Å². The van der Waals surface area contributed by atoms with Crippen molar-refractivity contribution in [2.45, 2.75) is 74.2 Å². The lowest BCUT2D eigenvalue weighted by Crippen LogP contribution is -2.44. The van der Waals surface area contributed by atoms with E-state index < -0.39 is 46.6 Å². The van der Waals surface area contributed by atoms with Gasteiger partial charge in [0.25, 0.3) is 0 Å². The molecule has 4 aliphatic rings. The molecule has 0 bridgehead atoms. The molecule has 2 aliphatic heterocycles. The van der Waals surface area contributed by atoms with Crippen molar-refractivity contribution in [2.24, 2.45) is 0 Å². The van der Waals surface area contributed by atoms with E-state index in [0.29, 0.717) is 63.2 Å². The predicted octanol–water partition coefficient (Wildman–Crippen LogP) is 6.24. The van der Waals surface area contributed by atoms with Gasteiger partial charge in [0.15, 0.2) is 11.4 Å². The van der Waals surface area contributed by atoms with Crippen molar-refractivity contribution < 1.29 is 54.8 Å². The van der Waals surface area contributed by atoms with Crippen molar-refractivity contribution in [3.8, 4) is 23.3 Å². The van der Waals surface area contributed by atoms with Gasteiger partial charge in [-0.1, -0.05) is 12.1 Å². The molecular weight excluding hydrogens is 784 g/mol. The van der Waals surface area contributed by atoms with Gasteiger partial charge in [0.05, 0.1) is 24.3 Å². The molecule has 4 N–H and O–H groups in total. The zero-order valence-corrected chi connectivity index (χ0v) is 30.8. The lowest BCUT2D eigenvalue weighted by atomic mass is 10.0. The quantitative estimate of drug-likeness (QED) is 0.120. The highest BCUT2D eigenvalue weighted by atomic mass is 19.4. The standard InChI is InChI=1S/2C19H20F4N4O2/c2*20-12-2-1-3-14(8-12)29-16-9-15(19(21,22)23)25-17(26-16)27-7-6-18(28,11-27)10-24-13-4-5-13/h2*1-3,8-9,13,24,28H,4-7,10-11H2/t2*18-/m10/s1. The molecule has 2 saturated carbocycles. The minimum absolute atomic E-state index is 0.0225. The molecule has 20 heteroatoms. The van der Waals surface area contributed by atoms with Crippen LogP contribution in [-0.2, 0) is 12.4 Å². The molecule has 2 aliphatic carbocycles. The highest BCUT2D eigenvalue weighted by Gasteiger charge is 2.42. The van der Waals surface area contributed by atoms with Crippen LogP contribution in [0.15, 0.2) is 60.7 Å². The smallest absolute Gasteiger partial charge is 0.433 e. The van der Waals surface area contributed by atoms with Crippen LogP contribution in [0.1, 0.15) is 49.9 Å². The normalized spacial score (nSPS) is 22.2. The Morgan fingerprint density at radius 3 is 1.36 bits per heavy atom. The lowest BCUT2D eigenvalue weighted by Gasteiger charge is -2.24. The Bertz CT molecular complexity index is 1930. The molecule has 4 fully saturated rings. The van der Waals surface area contributed by atoms with E-state index in [1.807, 2.05) is 0 Å². The van der Waals surface area contributed by atoms with Crippen molar-refractivity contribution in [2.75, 3.05) is 49.1 Å². The maximum Gasteiger partial charge on any atom is 0.433 e. The van der Waals surface area contributed by atoms with Gasteiger partial charge in [0.2, 0.25) is 23.7 Å². The van der Waals surface area contributed by atoms with Crippen LogP contribution in [-0.4, -0.2) is 92.7 Å². The van der Waals surface area contributed by atoms with Gasteiger partial charge in [-0.05, 0) is 62.8 Å². The topological polar surface area (TPSA) is 141 Å². The Labute approximate surface area is 327 Å². The van der Waals surface area contributed by atoms with E-state index in [9.17, 15) is 45.3 Å². The number of aliphatic hydroxyl groups is 2. The fraction of sp³-hybridized carbons (Fsp3) is 0.474. The predicted molar refractivity (Wildman–Crippen MR) is 193 cm³/mol. The van der Waals surface area contributed by atoms with Crippen molar-refractivity contribution in [3.05, 3.63) is 83.7 Å². The van der Waals surface area contributed by atoms with Crippen LogP contribution < -0.4 is 29.9 Å². The van der Waals surface area contributed by atoms with Gasteiger partial charge in [-0.3, -0.25) is 0 Å². The second-order valence-corrected chi connectivity index (χ2v) is 15.0. The summed E-state index contributed by atoms with van der Waals surface area (Å²) in [5, 5.41) is 27.9. The van der Waals surface area contributed by atoms with Gasteiger partial charge >= 0.3 is 12.4 Å². The maximum atomic E-state index is 13.3. The van der Waals surface area contributed by atoms with Gasteiger partial charge in [0, 0.05) is 62.5 Å². The van der Waals surface area contributed by atoms with E-state index in [1.165, 1.54) is 46.2 Å². The zero-order chi connectivity index (χ0) is 41.3. The summed E-state index contributed by atoms with van der Waals surface area (Å²) in [5.41, 5.74) is -4.46. The summed E-state index contributed by atoms with van der Waals surface area (Å²) in [4.78, 5) is 18.4. The molecule has 2 atom stereocenters. The first-order chi connectivity index (χ1) is 27.4. The average molecular weight is 825 g/mol. The molecule has 2 saturated heterocycles. The lowest BCUT2D eigenvalue weighted by molar-refractivity contribution is -0.142. The number of hydrogen-bond acceptors (Lipinski definition) is 12. The number of aromatic nitrogens is 4. The van der Waals surface area contributed by atoms with E-state index in [-0.39, 0.29) is 48.2 Å². The minimum atomic E-state index is -4.71. The third kappa shape index (κ3) is 11.2. The van der Waals surface area contributed by atoms with E-state index >= 15 is 0 Å². The summed E-state index contributed by atoms with van der Waals surface area (Å²) in [5.74, 6) is -2.19. The van der Waals surface area contributed by atoms with Crippen LogP contribution in [0.4, 0.5) is 47.0 Å². The number of hydrogen-bond donors (Lipinski definition) is 4. The number of nitrogens with zero attached hydrogens (tertiary/aromatic N) is 6. The molecule has 0 radical (unpaired) electrons. The summed E-state index contributed by atoms with van der Waals surface area (Å²) in [7, 11) is 0. The maximum absolute atomic E-state index is 13.3. The van der Waals surface area contributed by atoms with Gasteiger partial charge in [-0.2, -0.15) is 36.3 Å². The SMILES string of the molecule is O[C@@]1(CNC2CC2)CCN(c2nc(Oc3cccc(F)c3)cc(C(F)(F)F)n2)C1.O[C@]1(CNC2CC2)CCN(c2nc(Oc3cccc(F)c3)cc(C(F)(F)F)n2)C1. The molecule has 12 nitrogen and oxygen atoms in total. The largest absolute Gasteiger partial charge is 0.439 e. The highest BCUT2D eigenvalue weighted by Crippen LogP contribution is 2.36. The number of alkyl halides is 6. The Morgan fingerprint density at radius 2 is 1.02 bits per heavy atom. The second kappa shape index (κ2) is 16.4. The molecule has 4 aromatic rings. The fourth-order valence-corrected chi connectivity index (χ4v) is 6.39. The van der Waals surface area contributed by atoms with Crippen LogP contribution >= 0.6 is 0 Å². The molecule has 0 amide bonds. The van der Waals surface area contributed by atoms with Crippen LogP contribution in [0.25, 0.3) is 0 Å². The van der Waals surface area contributed by atoms with Gasteiger partial charge < -0.3 is 40.1 Å². The summed E-state index contributed by atoms with van der Waals surface area (Å²) in [6.45, 7) is 1.55. The first-order valence-electron chi connectivity index (χ1n) is 18.6. The summed E-state index contributed by atoms with van der Waals surface area (Å²) >= 11 is 0. The molecule has 312 valence electrons. The van der Waals surface area contributed by atoms with Crippen molar-refractivity contribution in [3.63, 3.8) is 0 Å². The second-order valence-electron chi connectivity index (χ2n) is 15.0. The molecule has 2 aromatic heterocycles. The van der Waals surface area contributed by atoms with Crippen molar-refractivity contribution in [1.29, 1.82) is 0 Å². The highest BCUT2D eigenvalue weighted by molar-refractivity contribution is 5.41. The monoisotopic (exact) mass is 824 g/mol. The number of ether oxygens (including phenoxy) is 2. The molecule has 8 rings (SSSR count). The fourth-order valence-electron chi connectivity index (χ4n) is 6.39. The number of rotatable bonds is 12. The van der Waals surface area contributed by atoms with E-state index in [4.69, 9.17) is 9.47 Å². The third-order valence-electron chi connectivity index (χ3n) is 9.82. The average Bonchev–Trinajstić information content (AvgIpc) is 4.09. The number of anilines is 2. The number of nitrogens with one attached hydrogen (secondary N) is 2. The third-order valence-corrected chi connectivity index (χ3v) is 9.82. The zero-order valence-electron chi connectivity index (χ0n) is 30.8. The number of benzene rings is 2. The van der Waals surface area contributed by atoms with Crippen molar-refractivity contribution in [1.82, 2.24) is 30.6 Å². The Balaban J connectivity index is 0.000000177. The van der Waals surface area contributed by atoms with Gasteiger partial charge in [-0.25, -0.2) is 18.7 Å². The molecule has 2 aromatic carbocycles. The van der Waals surface area contributed by atoms with Crippen LogP contribution in [0.3, 0.4) is 0 Å². The summed E-state index contributed by atoms with van der Waals surface area (Å²) < 4.78 is 117. The van der Waals surface area contributed by atoms with Crippen molar-refractivity contribution >= 4 is 11.9 Å². The van der Waals surface area contributed by atoms with Gasteiger partial charge in [-0.15, -0.1) is 0 Å². The molecule has 0 unspecified atom stereocenters. The minimum Gasteiger partial charge on any atom is -0.439 e. The van der Waals surface area contributed by atoms with E-state index in [0.717, 1.165) is 37.8 Å². The molecule has 0 spiro atoms. The summed E-state index contributed by atoms with van der Waals surface area (Å²) in [6, 6.07) is 12.2. The Kier molecular flexibility index (Phi) is 11.6. The Hall–Kier alpha value is -4.92. The molecule has 4 heterocycles. The Morgan fingerprint density at radius 1 is 0.621 bits per heavy atom. The van der Waals surface area contributed by atoms with Gasteiger partial charge in [0.1, 0.15) is 23.1 Å². The molecular formula is C38H40F8N8O4. The van der Waals surface area contributed by atoms with Crippen LogP contribution in [0.2, 0.25) is 0 Å². The molecule has 58 heavy (non-hydrogen) atoms. The van der Waals surface area contributed by atoms with E-state index in [2.05, 4.69) is 30.6 Å². The first kappa shape index (κ1) is 41.2. The first-order valence-corrected chi connectivity index (χ1v) is 18.6. The van der Waals surface area contributed by atoms with Crippen LogP contribution in [0, 0.1) is 11.6 Å². The number of halogens is 8. The summed E-state index contributed by atoms with van der Waals surface area (Å²) in [6.07, 6.45) is -4.38.